The lowest BCUT2D eigenvalue weighted by Gasteiger charge is -2.11. The summed E-state index contributed by atoms with van der Waals surface area (Å²) < 4.78 is 59.7. The Morgan fingerprint density at radius 3 is 2.63 bits per heavy atom. The Bertz CT molecular complexity index is 1120. The molecule has 0 aliphatic carbocycles. The number of hydrogen-bond acceptors (Lipinski definition) is 5. The second-order valence-corrected chi connectivity index (χ2v) is 6.71. The van der Waals surface area contributed by atoms with Crippen LogP contribution in [0.2, 0.25) is 0 Å². The average molecular weight is 424 g/mol. The first-order valence-corrected chi connectivity index (χ1v) is 9.42. The molecule has 0 aliphatic rings. The molecule has 160 valence electrons. The third-order valence-corrected chi connectivity index (χ3v) is 4.64. The number of nitrogens with two attached hydrogens (primary N) is 1. The zero-order valence-electron chi connectivity index (χ0n) is 16.2. The van der Waals surface area contributed by atoms with Gasteiger partial charge in [0.15, 0.2) is 29.0 Å². The van der Waals surface area contributed by atoms with Crippen molar-refractivity contribution < 1.29 is 22.3 Å². The molecule has 10 heteroatoms. The van der Waals surface area contributed by atoms with Gasteiger partial charge in [0.2, 0.25) is 0 Å². The predicted molar refractivity (Wildman–Crippen MR) is 104 cm³/mol. The molecule has 0 aliphatic heterocycles. The van der Waals surface area contributed by atoms with Gasteiger partial charge in [-0.05, 0) is 23.9 Å². The van der Waals surface area contributed by atoms with Crippen molar-refractivity contribution in [3.8, 4) is 17.1 Å². The topological polar surface area (TPSA) is 83.0 Å². The van der Waals surface area contributed by atoms with Gasteiger partial charge in [-0.25, -0.2) is 18.7 Å². The fourth-order valence-electron chi connectivity index (χ4n) is 3.12. The average Bonchev–Trinajstić information content (AvgIpc) is 2.70. The van der Waals surface area contributed by atoms with Crippen LogP contribution in [-0.4, -0.2) is 21.1 Å². The van der Waals surface area contributed by atoms with Gasteiger partial charge in [-0.1, -0.05) is 26.2 Å². The van der Waals surface area contributed by atoms with Crippen LogP contribution in [0.1, 0.15) is 32.6 Å². The number of pyridine rings is 1. The molecule has 0 saturated carbocycles. The van der Waals surface area contributed by atoms with E-state index in [1.54, 1.807) is 0 Å². The Morgan fingerprint density at radius 2 is 1.97 bits per heavy atom. The monoisotopic (exact) mass is 424 g/mol. The molecule has 0 radical (unpaired) electrons. The molecule has 30 heavy (non-hydrogen) atoms. The maximum absolute atomic E-state index is 14.8. The van der Waals surface area contributed by atoms with E-state index in [1.807, 2.05) is 0 Å². The normalized spacial score (nSPS) is 11.4. The second kappa shape index (κ2) is 9.10. The zero-order valence-corrected chi connectivity index (χ0v) is 16.2. The van der Waals surface area contributed by atoms with Crippen LogP contribution in [0.3, 0.4) is 0 Å². The molecule has 1 aromatic carbocycles. The highest BCUT2D eigenvalue weighted by molar-refractivity contribution is 5.86. The molecular weight excluding hydrogens is 404 g/mol. The van der Waals surface area contributed by atoms with Gasteiger partial charge in [-0.3, -0.25) is 4.79 Å². The summed E-state index contributed by atoms with van der Waals surface area (Å²) in [5.41, 5.74) is 4.56. The van der Waals surface area contributed by atoms with Gasteiger partial charge in [0, 0.05) is 12.7 Å². The smallest absolute Gasteiger partial charge is 0.387 e. The minimum atomic E-state index is -3.14. The number of nitrogens with zero attached hydrogens (tertiary/aromatic N) is 3. The van der Waals surface area contributed by atoms with Crippen molar-refractivity contribution in [3.63, 3.8) is 0 Å². The summed E-state index contributed by atoms with van der Waals surface area (Å²) in [6.45, 7) is -0.668. The highest BCUT2D eigenvalue weighted by Gasteiger charge is 2.21. The van der Waals surface area contributed by atoms with E-state index in [1.165, 1.54) is 22.9 Å². The number of aromatic nitrogens is 3. The maximum atomic E-state index is 14.8. The molecule has 0 unspecified atom stereocenters. The van der Waals surface area contributed by atoms with Gasteiger partial charge in [-0.2, -0.15) is 8.78 Å². The molecule has 0 atom stereocenters. The summed E-state index contributed by atoms with van der Waals surface area (Å²) in [7, 11) is 0. The van der Waals surface area contributed by atoms with Crippen LogP contribution >= 0.6 is 0 Å². The molecule has 2 aromatic heterocycles. The van der Waals surface area contributed by atoms with Crippen LogP contribution in [0.15, 0.2) is 29.3 Å². The van der Waals surface area contributed by atoms with E-state index in [2.05, 4.69) is 21.6 Å². The van der Waals surface area contributed by atoms with Crippen molar-refractivity contribution in [1.82, 2.24) is 14.5 Å². The van der Waals surface area contributed by atoms with Crippen molar-refractivity contribution in [2.45, 2.75) is 45.8 Å². The number of ether oxygens (including phenoxy) is 1. The SMILES string of the molecule is CCCCCCn1ccc2cc(-c3ncc(OC(F)F)c(N)n3)c(F)c(F)c2c1=O. The number of halogens is 4. The summed E-state index contributed by atoms with van der Waals surface area (Å²) in [5.74, 6) is -3.92. The quantitative estimate of drug-likeness (QED) is 0.425. The van der Waals surface area contributed by atoms with Gasteiger partial charge < -0.3 is 15.0 Å². The summed E-state index contributed by atoms with van der Waals surface area (Å²) in [6, 6.07) is 2.72. The first-order chi connectivity index (χ1) is 14.3. The third-order valence-electron chi connectivity index (χ3n) is 4.64. The van der Waals surface area contributed by atoms with E-state index >= 15 is 0 Å². The number of hydrogen-bond donors (Lipinski definition) is 1. The molecule has 0 spiro atoms. The number of unbranched alkanes of at least 4 members (excludes halogenated alkanes) is 3. The Hall–Kier alpha value is -3.17. The molecular formula is C20H20F4N4O2. The van der Waals surface area contributed by atoms with Crippen molar-refractivity contribution in [2.75, 3.05) is 5.73 Å². The molecule has 0 saturated heterocycles. The molecule has 0 fully saturated rings. The zero-order chi connectivity index (χ0) is 21.8. The van der Waals surface area contributed by atoms with Crippen molar-refractivity contribution >= 4 is 16.6 Å². The van der Waals surface area contributed by atoms with Crippen LogP contribution in [0.4, 0.5) is 23.4 Å². The molecule has 2 N–H and O–H groups in total. The van der Waals surface area contributed by atoms with Crippen molar-refractivity contribution in [1.29, 1.82) is 0 Å². The summed E-state index contributed by atoms with van der Waals surface area (Å²) in [6.07, 6.45) is 6.12. The fourth-order valence-corrected chi connectivity index (χ4v) is 3.12. The van der Waals surface area contributed by atoms with Crippen molar-refractivity contribution in [2.24, 2.45) is 0 Å². The van der Waals surface area contributed by atoms with Gasteiger partial charge in [0.25, 0.3) is 5.56 Å². The van der Waals surface area contributed by atoms with E-state index in [0.717, 1.165) is 31.9 Å². The number of aryl methyl sites for hydroxylation is 1. The van der Waals surface area contributed by atoms with Gasteiger partial charge in [-0.15, -0.1) is 0 Å². The Labute approximate surface area is 169 Å². The van der Waals surface area contributed by atoms with Crippen LogP contribution in [0, 0.1) is 11.6 Å². The maximum Gasteiger partial charge on any atom is 0.387 e. The first kappa shape index (κ1) is 21.5. The highest BCUT2D eigenvalue weighted by Crippen LogP contribution is 2.30. The molecule has 0 amide bonds. The lowest BCUT2D eigenvalue weighted by molar-refractivity contribution is -0.0497. The Kier molecular flexibility index (Phi) is 6.53. The minimum Gasteiger partial charge on any atom is -0.429 e. The number of fused-ring (bicyclic) bond motifs is 1. The summed E-state index contributed by atoms with van der Waals surface area (Å²) >= 11 is 0. The van der Waals surface area contributed by atoms with E-state index in [4.69, 9.17) is 5.73 Å². The van der Waals surface area contributed by atoms with E-state index < -0.39 is 35.4 Å². The highest BCUT2D eigenvalue weighted by atomic mass is 19.3. The number of rotatable bonds is 8. The lowest BCUT2D eigenvalue weighted by atomic mass is 10.1. The number of benzene rings is 1. The van der Waals surface area contributed by atoms with E-state index in [0.29, 0.717) is 6.54 Å². The number of anilines is 1. The lowest BCUT2D eigenvalue weighted by Crippen LogP contribution is -2.21. The second-order valence-electron chi connectivity index (χ2n) is 6.71. The molecule has 3 aromatic rings. The molecule has 6 nitrogen and oxygen atoms in total. The molecule has 3 rings (SSSR count). The third kappa shape index (κ3) is 4.37. The predicted octanol–water partition coefficient (Wildman–Crippen LogP) is 4.50. The summed E-state index contributed by atoms with van der Waals surface area (Å²) in [4.78, 5) is 20.1. The van der Waals surface area contributed by atoms with Gasteiger partial charge >= 0.3 is 6.61 Å². The van der Waals surface area contributed by atoms with Crippen LogP contribution in [0.25, 0.3) is 22.2 Å². The molecule has 2 heterocycles. The minimum absolute atomic E-state index is 0.161. The van der Waals surface area contributed by atoms with Gasteiger partial charge in [0.1, 0.15) is 0 Å². The Balaban J connectivity index is 2.01. The van der Waals surface area contributed by atoms with Crippen molar-refractivity contribution in [3.05, 3.63) is 46.5 Å². The fraction of sp³-hybridized carbons (Fsp3) is 0.350. The van der Waals surface area contributed by atoms with Crippen LogP contribution in [-0.2, 0) is 6.54 Å². The number of alkyl halides is 2. The van der Waals surface area contributed by atoms with Crippen LogP contribution < -0.4 is 16.0 Å². The first-order valence-electron chi connectivity index (χ1n) is 9.42. The van der Waals surface area contributed by atoms with Crippen LogP contribution in [0.5, 0.6) is 5.75 Å². The standard InChI is InChI=1S/C20H20F4N4O2/c1-2-3-4-5-7-28-8-6-11-9-12(15(21)16(22)14(11)19(28)29)18-26-10-13(17(25)27-18)30-20(23)24/h6,8-10,20H,2-5,7H2,1H3,(H2,25,26,27). The molecule has 0 bridgehead atoms. The van der Waals surface area contributed by atoms with E-state index in [9.17, 15) is 22.4 Å². The number of nitrogen functional groups attached to an aromatic ring is 1. The van der Waals surface area contributed by atoms with Gasteiger partial charge in [0.05, 0.1) is 17.1 Å². The summed E-state index contributed by atoms with van der Waals surface area (Å²) in [5, 5.41) is -0.214. The van der Waals surface area contributed by atoms with E-state index in [-0.39, 0.29) is 22.2 Å². The largest absolute Gasteiger partial charge is 0.429 e. The Morgan fingerprint density at radius 1 is 1.20 bits per heavy atom.